The molecule has 1 saturated heterocycles. The highest BCUT2D eigenvalue weighted by Gasteiger charge is 2.31. The second-order valence-corrected chi connectivity index (χ2v) is 9.99. The van der Waals surface area contributed by atoms with Crippen LogP contribution in [-0.4, -0.2) is 53.0 Å². The number of hydrogen-bond donors (Lipinski definition) is 1. The number of ether oxygens (including phenoxy) is 1. The Kier molecular flexibility index (Phi) is 5.72. The maximum atomic E-state index is 12.4. The molecule has 1 atom stereocenters. The van der Waals surface area contributed by atoms with Crippen molar-refractivity contribution in [2.24, 2.45) is 0 Å². The molecule has 0 radical (unpaired) electrons. The molecule has 162 valence electrons. The fraction of sp³-hybridized carbons (Fsp3) is 0.286. The van der Waals surface area contributed by atoms with Gasteiger partial charge in [0.2, 0.25) is 5.78 Å². The molecule has 0 spiro atoms. The number of aromatic nitrogens is 3. The molecule has 2 aromatic heterocycles. The van der Waals surface area contributed by atoms with Gasteiger partial charge in [-0.15, -0.1) is 0 Å². The number of nitrogens with zero attached hydrogens (tertiary/aromatic N) is 2. The van der Waals surface area contributed by atoms with Gasteiger partial charge < -0.3 is 9.72 Å². The van der Waals surface area contributed by atoms with Crippen molar-refractivity contribution in [3.8, 4) is 0 Å². The fourth-order valence-electron chi connectivity index (χ4n) is 3.65. The van der Waals surface area contributed by atoms with Crippen LogP contribution < -0.4 is 0 Å². The quantitative estimate of drug-likeness (QED) is 0.343. The topological polar surface area (TPSA) is 111 Å². The predicted molar refractivity (Wildman–Crippen MR) is 117 cm³/mol. The predicted octanol–water partition coefficient (Wildman–Crippen LogP) is 3.13. The monoisotopic (exact) mass is 461 g/mol. The zero-order valence-corrected chi connectivity index (χ0v) is 18.2. The van der Waals surface area contributed by atoms with E-state index in [4.69, 9.17) is 16.3 Å². The number of ketones is 1. The number of carbonyl (C=O) groups is 2. The maximum absolute atomic E-state index is 12.4. The van der Waals surface area contributed by atoms with E-state index < -0.39 is 22.4 Å². The molecule has 1 aromatic carbocycles. The second kappa shape index (κ2) is 8.32. The molecule has 31 heavy (non-hydrogen) atoms. The first kappa shape index (κ1) is 21.3. The van der Waals surface area contributed by atoms with Crippen LogP contribution >= 0.6 is 11.6 Å². The number of nitrogens with one attached hydrogen (secondary N) is 1. The van der Waals surface area contributed by atoms with Gasteiger partial charge in [-0.1, -0.05) is 29.8 Å². The molecule has 3 aromatic rings. The van der Waals surface area contributed by atoms with Crippen LogP contribution in [0.2, 0.25) is 5.15 Å². The number of rotatable bonds is 6. The minimum Gasteiger partial charge on any atom is -0.454 e. The van der Waals surface area contributed by atoms with Crippen molar-refractivity contribution >= 4 is 50.2 Å². The van der Waals surface area contributed by atoms with Gasteiger partial charge in [-0.25, -0.2) is 17.9 Å². The van der Waals surface area contributed by atoms with E-state index in [9.17, 15) is 18.0 Å². The number of fused-ring (bicyclic) bond motifs is 1. The van der Waals surface area contributed by atoms with Gasteiger partial charge in [0, 0.05) is 34.3 Å². The Labute approximate surface area is 183 Å². The number of halogens is 1. The number of benzene rings is 1. The third-order valence-electron chi connectivity index (χ3n) is 5.25. The SMILES string of the molecule is Cc1nn([C@@H]2CCS(=O)(=O)C2)c(Cl)c1/C=C/C(=O)OCC(=O)c1c[nH]c2ccccc12. The molecule has 1 fully saturated rings. The van der Waals surface area contributed by atoms with Crippen LogP contribution in [-0.2, 0) is 19.4 Å². The average molecular weight is 462 g/mol. The summed E-state index contributed by atoms with van der Waals surface area (Å²) in [7, 11) is -3.08. The van der Waals surface area contributed by atoms with E-state index in [0.717, 1.165) is 10.9 Å². The highest BCUT2D eigenvalue weighted by molar-refractivity contribution is 7.91. The van der Waals surface area contributed by atoms with Crippen molar-refractivity contribution < 1.29 is 22.7 Å². The van der Waals surface area contributed by atoms with Crippen LogP contribution in [0.3, 0.4) is 0 Å². The Morgan fingerprint density at radius 2 is 2.13 bits per heavy atom. The molecule has 0 unspecified atom stereocenters. The van der Waals surface area contributed by atoms with Crippen molar-refractivity contribution in [1.29, 1.82) is 0 Å². The summed E-state index contributed by atoms with van der Waals surface area (Å²) in [5, 5.41) is 5.36. The smallest absolute Gasteiger partial charge is 0.331 e. The summed E-state index contributed by atoms with van der Waals surface area (Å²) in [4.78, 5) is 27.5. The number of hydrogen-bond acceptors (Lipinski definition) is 6. The van der Waals surface area contributed by atoms with Gasteiger partial charge in [-0.3, -0.25) is 4.79 Å². The number of aromatic amines is 1. The van der Waals surface area contributed by atoms with E-state index in [2.05, 4.69) is 10.1 Å². The Morgan fingerprint density at radius 1 is 1.35 bits per heavy atom. The first-order valence-electron chi connectivity index (χ1n) is 9.64. The minimum atomic E-state index is -3.08. The number of H-pyrrole nitrogens is 1. The van der Waals surface area contributed by atoms with Gasteiger partial charge >= 0.3 is 5.97 Å². The molecule has 10 heteroatoms. The lowest BCUT2D eigenvalue weighted by Gasteiger charge is -2.09. The molecule has 0 bridgehead atoms. The van der Waals surface area contributed by atoms with Crippen LogP contribution in [0.15, 0.2) is 36.5 Å². The Hall–Kier alpha value is -2.91. The van der Waals surface area contributed by atoms with Gasteiger partial charge in [0.05, 0.1) is 23.2 Å². The fourth-order valence-corrected chi connectivity index (χ4v) is 5.72. The normalized spacial score (nSPS) is 18.1. The summed E-state index contributed by atoms with van der Waals surface area (Å²) < 4.78 is 30.0. The third kappa shape index (κ3) is 4.42. The second-order valence-electron chi connectivity index (χ2n) is 7.40. The molecule has 1 N–H and O–H groups in total. The van der Waals surface area contributed by atoms with Crippen molar-refractivity contribution in [1.82, 2.24) is 14.8 Å². The van der Waals surface area contributed by atoms with Crippen LogP contribution in [0.4, 0.5) is 0 Å². The largest absolute Gasteiger partial charge is 0.454 e. The van der Waals surface area contributed by atoms with Gasteiger partial charge in [-0.2, -0.15) is 5.10 Å². The lowest BCUT2D eigenvalue weighted by molar-refractivity contribution is -0.136. The van der Waals surface area contributed by atoms with E-state index in [1.807, 2.05) is 24.3 Å². The van der Waals surface area contributed by atoms with Crippen molar-refractivity contribution in [3.63, 3.8) is 0 Å². The van der Waals surface area contributed by atoms with Crippen LogP contribution in [0.5, 0.6) is 0 Å². The van der Waals surface area contributed by atoms with E-state index in [1.165, 1.54) is 16.8 Å². The van der Waals surface area contributed by atoms with Gasteiger partial charge in [0.25, 0.3) is 0 Å². The van der Waals surface area contributed by atoms with E-state index in [0.29, 0.717) is 23.2 Å². The summed E-state index contributed by atoms with van der Waals surface area (Å²) >= 11 is 6.38. The van der Waals surface area contributed by atoms with Gasteiger partial charge in [0.15, 0.2) is 16.4 Å². The number of esters is 1. The summed E-state index contributed by atoms with van der Waals surface area (Å²) in [5.74, 6) is -0.910. The Balaban J connectivity index is 1.41. The zero-order chi connectivity index (χ0) is 22.2. The van der Waals surface area contributed by atoms with E-state index >= 15 is 0 Å². The molecule has 3 heterocycles. The van der Waals surface area contributed by atoms with Crippen LogP contribution in [0.25, 0.3) is 17.0 Å². The van der Waals surface area contributed by atoms with Gasteiger partial charge in [-0.05, 0) is 25.5 Å². The summed E-state index contributed by atoms with van der Waals surface area (Å²) in [6, 6.07) is 7.04. The summed E-state index contributed by atoms with van der Waals surface area (Å²) in [6.07, 6.45) is 4.68. The Bertz CT molecular complexity index is 1310. The lowest BCUT2D eigenvalue weighted by Crippen LogP contribution is -2.12. The molecular weight excluding hydrogens is 442 g/mol. The molecule has 0 aliphatic carbocycles. The lowest BCUT2D eigenvalue weighted by atomic mass is 10.1. The standard InChI is InChI=1S/C21H20ClN3O5S/c1-13-15(21(22)25(24-13)14-8-9-31(28,29)12-14)6-7-20(27)30-11-19(26)17-10-23-18-5-3-2-4-16(17)18/h2-7,10,14,23H,8-9,11-12H2,1H3/b7-6+/t14-/m1/s1. The average Bonchev–Trinajstić information content (AvgIpc) is 3.40. The molecule has 0 saturated carbocycles. The molecule has 8 nitrogen and oxygen atoms in total. The molecule has 0 amide bonds. The Morgan fingerprint density at radius 3 is 2.87 bits per heavy atom. The van der Waals surface area contributed by atoms with Crippen LogP contribution in [0, 0.1) is 6.92 Å². The van der Waals surface area contributed by atoms with Crippen molar-refractivity contribution in [3.05, 3.63) is 58.5 Å². The molecule has 4 rings (SSSR count). The van der Waals surface area contributed by atoms with Crippen LogP contribution in [0.1, 0.15) is 34.1 Å². The number of aryl methyl sites for hydroxylation is 1. The van der Waals surface area contributed by atoms with E-state index in [-0.39, 0.29) is 28.5 Å². The molecular formula is C21H20ClN3O5S. The number of sulfone groups is 1. The third-order valence-corrected chi connectivity index (χ3v) is 7.37. The summed E-state index contributed by atoms with van der Waals surface area (Å²) in [5.41, 5.74) is 2.35. The number of Topliss-reactive ketones (excluding diaryl/α,β-unsaturated/α-hetero) is 1. The van der Waals surface area contributed by atoms with Crippen molar-refractivity contribution in [2.45, 2.75) is 19.4 Å². The van der Waals surface area contributed by atoms with Gasteiger partial charge in [0.1, 0.15) is 5.15 Å². The minimum absolute atomic E-state index is 0.00498. The first-order chi connectivity index (χ1) is 14.7. The molecule has 1 aliphatic heterocycles. The summed E-state index contributed by atoms with van der Waals surface area (Å²) in [6.45, 7) is 1.33. The van der Waals surface area contributed by atoms with Crippen molar-refractivity contribution in [2.75, 3.05) is 18.1 Å². The maximum Gasteiger partial charge on any atom is 0.331 e. The highest BCUT2D eigenvalue weighted by Crippen LogP contribution is 2.30. The molecule has 1 aliphatic rings. The zero-order valence-electron chi connectivity index (χ0n) is 16.7. The highest BCUT2D eigenvalue weighted by atomic mass is 35.5. The van der Waals surface area contributed by atoms with E-state index in [1.54, 1.807) is 13.1 Å². The first-order valence-corrected chi connectivity index (χ1v) is 11.8. The number of para-hydroxylation sites is 1. The number of carbonyl (C=O) groups excluding carboxylic acids is 2.